The molecule has 98 valence electrons. The van der Waals surface area contributed by atoms with Gasteiger partial charge in [-0.3, -0.25) is 4.79 Å². The minimum atomic E-state index is -0.157. The third-order valence-corrected chi connectivity index (χ3v) is 3.39. The zero-order chi connectivity index (χ0) is 13.8. The summed E-state index contributed by atoms with van der Waals surface area (Å²) >= 11 is 1.32. The predicted molar refractivity (Wildman–Crippen MR) is 75.1 cm³/mol. The van der Waals surface area contributed by atoms with E-state index in [1.165, 1.54) is 11.8 Å². The van der Waals surface area contributed by atoms with Crippen LogP contribution in [0.5, 0.6) is 0 Å². The van der Waals surface area contributed by atoms with Crippen molar-refractivity contribution in [2.45, 2.75) is 17.0 Å². The van der Waals surface area contributed by atoms with E-state index in [1.54, 1.807) is 31.4 Å². The van der Waals surface area contributed by atoms with Gasteiger partial charge in [0.15, 0.2) is 5.16 Å². The number of nitrogens with zero attached hydrogens (tertiary/aromatic N) is 2. The van der Waals surface area contributed by atoms with Crippen molar-refractivity contribution in [1.82, 2.24) is 15.3 Å². The lowest BCUT2D eigenvalue weighted by molar-refractivity contribution is 0.0960. The fourth-order valence-electron chi connectivity index (χ4n) is 1.52. The van der Waals surface area contributed by atoms with Gasteiger partial charge in [-0.25, -0.2) is 9.97 Å². The first-order chi connectivity index (χ1) is 9.10. The summed E-state index contributed by atoms with van der Waals surface area (Å²) in [5.74, 6) is -0.157. The molecule has 3 N–H and O–H groups in total. The summed E-state index contributed by atoms with van der Waals surface area (Å²) in [6, 6.07) is 6.97. The first-order valence-corrected chi connectivity index (χ1v) is 6.51. The molecular formula is C13H14N4OS. The number of aryl methyl sites for hydroxylation is 1. The first-order valence-electron chi connectivity index (χ1n) is 5.69. The van der Waals surface area contributed by atoms with E-state index < -0.39 is 0 Å². The third kappa shape index (κ3) is 3.23. The topological polar surface area (TPSA) is 80.9 Å². The fraction of sp³-hybridized carbons (Fsp3) is 0.154. The Morgan fingerprint density at radius 1 is 1.37 bits per heavy atom. The zero-order valence-electron chi connectivity index (χ0n) is 10.7. The fourth-order valence-corrected chi connectivity index (χ4v) is 2.48. The summed E-state index contributed by atoms with van der Waals surface area (Å²) in [5.41, 5.74) is 7.81. The molecule has 1 amide bonds. The quantitative estimate of drug-likeness (QED) is 0.659. The highest BCUT2D eigenvalue weighted by molar-refractivity contribution is 7.99. The Labute approximate surface area is 115 Å². The van der Waals surface area contributed by atoms with Gasteiger partial charge < -0.3 is 11.1 Å². The second-order valence-electron chi connectivity index (χ2n) is 3.92. The molecule has 0 radical (unpaired) electrons. The van der Waals surface area contributed by atoms with Crippen molar-refractivity contribution in [3.63, 3.8) is 0 Å². The zero-order valence-corrected chi connectivity index (χ0v) is 11.5. The Morgan fingerprint density at radius 2 is 2.16 bits per heavy atom. The van der Waals surface area contributed by atoms with Crippen LogP contribution < -0.4 is 11.1 Å². The van der Waals surface area contributed by atoms with E-state index in [9.17, 15) is 4.79 Å². The number of hydrogen-bond acceptors (Lipinski definition) is 5. The van der Waals surface area contributed by atoms with Crippen molar-refractivity contribution in [1.29, 1.82) is 0 Å². The molecule has 0 fully saturated rings. The van der Waals surface area contributed by atoms with Crippen LogP contribution in [0.25, 0.3) is 0 Å². The van der Waals surface area contributed by atoms with Crippen molar-refractivity contribution >= 4 is 23.4 Å². The minimum Gasteiger partial charge on any atom is -0.399 e. The van der Waals surface area contributed by atoms with Gasteiger partial charge in [-0.2, -0.15) is 0 Å². The number of anilines is 1. The molecule has 5 nitrogen and oxygen atoms in total. The van der Waals surface area contributed by atoms with Gasteiger partial charge in [0.05, 0.1) is 5.56 Å². The van der Waals surface area contributed by atoms with E-state index in [-0.39, 0.29) is 5.91 Å². The molecule has 0 aliphatic carbocycles. The van der Waals surface area contributed by atoms with Crippen LogP contribution in [0.4, 0.5) is 5.69 Å². The monoisotopic (exact) mass is 274 g/mol. The number of hydrogen-bond donors (Lipinski definition) is 2. The molecule has 2 aromatic rings. The average Bonchev–Trinajstić information content (AvgIpc) is 2.38. The van der Waals surface area contributed by atoms with Gasteiger partial charge in [-0.05, 0) is 43.0 Å². The van der Waals surface area contributed by atoms with Crippen molar-refractivity contribution in [2.24, 2.45) is 0 Å². The molecular weight excluding hydrogens is 260 g/mol. The number of rotatable bonds is 3. The normalized spacial score (nSPS) is 10.2. The number of carbonyl (C=O) groups is 1. The first kappa shape index (κ1) is 13.4. The van der Waals surface area contributed by atoms with Crippen molar-refractivity contribution in [3.8, 4) is 0 Å². The molecule has 1 heterocycles. The van der Waals surface area contributed by atoms with Crippen molar-refractivity contribution < 1.29 is 4.79 Å². The number of nitrogen functional groups attached to an aromatic ring is 1. The molecule has 0 atom stereocenters. The SMILES string of the molecule is CNC(=O)c1ccc(N)cc1Sc1nccc(C)n1. The van der Waals surface area contributed by atoms with Crippen LogP contribution in [-0.4, -0.2) is 22.9 Å². The predicted octanol–water partition coefficient (Wildman–Crippen LogP) is 1.88. The van der Waals surface area contributed by atoms with Gasteiger partial charge in [0.2, 0.25) is 0 Å². The standard InChI is InChI=1S/C13H14N4OS/c1-8-5-6-16-13(17-8)19-11-7-9(14)3-4-10(11)12(18)15-2/h3-7H,14H2,1-2H3,(H,15,18). The van der Waals surface area contributed by atoms with Gasteiger partial charge in [0, 0.05) is 29.5 Å². The summed E-state index contributed by atoms with van der Waals surface area (Å²) in [6.07, 6.45) is 1.69. The van der Waals surface area contributed by atoms with E-state index in [1.807, 2.05) is 13.0 Å². The molecule has 0 unspecified atom stereocenters. The maximum atomic E-state index is 11.8. The molecule has 2 rings (SSSR count). The Hall–Kier alpha value is -2.08. The molecule has 6 heteroatoms. The van der Waals surface area contributed by atoms with Gasteiger partial charge in [-0.1, -0.05) is 0 Å². The summed E-state index contributed by atoms with van der Waals surface area (Å²) < 4.78 is 0. The van der Waals surface area contributed by atoms with Crippen LogP contribution in [0, 0.1) is 6.92 Å². The van der Waals surface area contributed by atoms with E-state index in [0.717, 1.165) is 10.6 Å². The van der Waals surface area contributed by atoms with E-state index in [2.05, 4.69) is 15.3 Å². The highest BCUT2D eigenvalue weighted by atomic mass is 32.2. The number of nitrogens with one attached hydrogen (secondary N) is 1. The maximum absolute atomic E-state index is 11.8. The molecule has 0 aliphatic heterocycles. The smallest absolute Gasteiger partial charge is 0.252 e. The lowest BCUT2D eigenvalue weighted by Crippen LogP contribution is -2.18. The van der Waals surface area contributed by atoms with E-state index in [4.69, 9.17) is 5.73 Å². The highest BCUT2D eigenvalue weighted by Gasteiger charge is 2.12. The van der Waals surface area contributed by atoms with Gasteiger partial charge in [0.25, 0.3) is 5.91 Å². The molecule has 0 aliphatic rings. The van der Waals surface area contributed by atoms with Crippen LogP contribution in [-0.2, 0) is 0 Å². The molecule has 0 saturated carbocycles. The van der Waals surface area contributed by atoms with Crippen LogP contribution in [0.3, 0.4) is 0 Å². The largest absolute Gasteiger partial charge is 0.399 e. The maximum Gasteiger partial charge on any atom is 0.252 e. The molecule has 0 spiro atoms. The molecule has 19 heavy (non-hydrogen) atoms. The van der Waals surface area contributed by atoms with Gasteiger partial charge in [0.1, 0.15) is 0 Å². The van der Waals surface area contributed by atoms with Crippen LogP contribution in [0.15, 0.2) is 40.5 Å². The summed E-state index contributed by atoms with van der Waals surface area (Å²) in [6.45, 7) is 1.89. The van der Waals surface area contributed by atoms with Crippen molar-refractivity contribution in [3.05, 3.63) is 41.7 Å². The molecule has 1 aromatic heterocycles. The highest BCUT2D eigenvalue weighted by Crippen LogP contribution is 2.29. The van der Waals surface area contributed by atoms with Crippen LogP contribution in [0.2, 0.25) is 0 Å². The van der Waals surface area contributed by atoms with Gasteiger partial charge in [-0.15, -0.1) is 0 Å². The number of carbonyl (C=O) groups excluding carboxylic acids is 1. The Balaban J connectivity index is 2.38. The lowest BCUT2D eigenvalue weighted by atomic mass is 10.2. The van der Waals surface area contributed by atoms with E-state index >= 15 is 0 Å². The van der Waals surface area contributed by atoms with Crippen molar-refractivity contribution in [2.75, 3.05) is 12.8 Å². The Kier molecular flexibility index (Phi) is 4.01. The number of amides is 1. The second kappa shape index (κ2) is 5.71. The summed E-state index contributed by atoms with van der Waals surface area (Å²) in [7, 11) is 1.59. The molecule has 0 bridgehead atoms. The van der Waals surface area contributed by atoms with Crippen LogP contribution >= 0.6 is 11.8 Å². The third-order valence-electron chi connectivity index (χ3n) is 2.45. The molecule has 0 saturated heterocycles. The Morgan fingerprint density at radius 3 is 2.84 bits per heavy atom. The second-order valence-corrected chi connectivity index (χ2v) is 4.93. The van der Waals surface area contributed by atoms with E-state index in [0.29, 0.717) is 16.4 Å². The number of nitrogens with two attached hydrogens (primary N) is 1. The van der Waals surface area contributed by atoms with Crippen LogP contribution in [0.1, 0.15) is 16.1 Å². The molecule has 1 aromatic carbocycles. The summed E-state index contributed by atoms with van der Waals surface area (Å²) in [5, 5.41) is 3.20. The average molecular weight is 274 g/mol. The number of benzene rings is 1. The Bertz CT molecular complexity index is 615. The minimum absolute atomic E-state index is 0.157. The summed E-state index contributed by atoms with van der Waals surface area (Å²) in [4.78, 5) is 21.0. The lowest BCUT2D eigenvalue weighted by Gasteiger charge is -2.08. The number of aromatic nitrogens is 2. The van der Waals surface area contributed by atoms with Gasteiger partial charge >= 0.3 is 0 Å².